The number of hydrogen-bond donors (Lipinski definition) is 1. The van der Waals surface area contributed by atoms with Crippen molar-refractivity contribution in [1.82, 2.24) is 4.98 Å². The van der Waals surface area contributed by atoms with Crippen molar-refractivity contribution in [3.8, 4) is 0 Å². The standard InChI is InChI=1S/C20H20N4O3/c1-14-4-2-3-5-17(14)22-8-10-23(11-9-22)18-12-15-6-7-21-20(25)16(15)13-19(18)24(26)27/h2-7,12-13H,8-11H2,1H3,(H,21,25). The third-order valence-electron chi connectivity index (χ3n) is 5.14. The number of rotatable bonds is 3. The Balaban J connectivity index is 1.65. The molecule has 0 bridgehead atoms. The second-order valence-corrected chi connectivity index (χ2v) is 6.75. The molecule has 0 atom stereocenters. The summed E-state index contributed by atoms with van der Waals surface area (Å²) >= 11 is 0. The van der Waals surface area contributed by atoms with Gasteiger partial charge in [-0.25, -0.2) is 0 Å². The maximum absolute atomic E-state index is 12.0. The van der Waals surface area contributed by atoms with Crippen LogP contribution in [-0.4, -0.2) is 36.1 Å². The number of aryl methyl sites for hydroxylation is 1. The van der Waals surface area contributed by atoms with Gasteiger partial charge in [0.15, 0.2) is 0 Å². The number of nitro benzene ring substituents is 1. The molecular formula is C20H20N4O3. The predicted molar refractivity (Wildman–Crippen MR) is 107 cm³/mol. The number of nitrogens with one attached hydrogen (secondary N) is 1. The fourth-order valence-electron chi connectivity index (χ4n) is 3.72. The van der Waals surface area contributed by atoms with Gasteiger partial charge in [-0.2, -0.15) is 0 Å². The van der Waals surface area contributed by atoms with Crippen LogP contribution in [0.2, 0.25) is 0 Å². The lowest BCUT2D eigenvalue weighted by Gasteiger charge is -2.37. The number of aromatic nitrogens is 1. The van der Waals surface area contributed by atoms with Gasteiger partial charge in [0, 0.05) is 44.1 Å². The molecule has 1 N–H and O–H groups in total. The second kappa shape index (κ2) is 6.75. The van der Waals surface area contributed by atoms with Gasteiger partial charge in [-0.05, 0) is 36.1 Å². The average molecular weight is 364 g/mol. The largest absolute Gasteiger partial charge is 0.368 e. The minimum Gasteiger partial charge on any atom is -0.368 e. The Labute approximate surface area is 156 Å². The van der Waals surface area contributed by atoms with Crippen molar-refractivity contribution in [2.45, 2.75) is 6.92 Å². The summed E-state index contributed by atoms with van der Waals surface area (Å²) in [4.78, 5) is 30.1. The first-order valence-electron chi connectivity index (χ1n) is 8.90. The zero-order valence-electron chi connectivity index (χ0n) is 15.0. The SMILES string of the molecule is Cc1ccccc1N1CCN(c2cc3cc[nH]c(=O)c3cc2[N+](=O)[O-])CC1. The Hall–Kier alpha value is -3.35. The summed E-state index contributed by atoms with van der Waals surface area (Å²) in [5, 5.41) is 12.7. The summed E-state index contributed by atoms with van der Waals surface area (Å²) in [5.41, 5.74) is 2.66. The van der Waals surface area contributed by atoms with E-state index in [2.05, 4.69) is 28.9 Å². The number of fused-ring (bicyclic) bond motifs is 1. The molecule has 0 unspecified atom stereocenters. The summed E-state index contributed by atoms with van der Waals surface area (Å²) in [6.07, 6.45) is 1.57. The van der Waals surface area contributed by atoms with Crippen molar-refractivity contribution < 1.29 is 4.92 Å². The minimum absolute atomic E-state index is 0.0245. The van der Waals surface area contributed by atoms with E-state index >= 15 is 0 Å². The molecule has 0 saturated carbocycles. The number of piperazine rings is 1. The van der Waals surface area contributed by atoms with E-state index in [1.807, 2.05) is 17.0 Å². The quantitative estimate of drug-likeness (QED) is 0.570. The van der Waals surface area contributed by atoms with Crippen LogP contribution in [0.5, 0.6) is 0 Å². The fraction of sp³-hybridized carbons (Fsp3) is 0.250. The predicted octanol–water partition coefficient (Wildman–Crippen LogP) is 3.07. The lowest BCUT2D eigenvalue weighted by molar-refractivity contribution is -0.384. The number of aromatic amines is 1. The summed E-state index contributed by atoms with van der Waals surface area (Å²) in [6, 6.07) is 13.2. The molecule has 7 nitrogen and oxygen atoms in total. The number of benzene rings is 2. The van der Waals surface area contributed by atoms with E-state index in [0.717, 1.165) is 13.1 Å². The number of hydrogen-bond acceptors (Lipinski definition) is 5. The summed E-state index contributed by atoms with van der Waals surface area (Å²) in [7, 11) is 0. The first-order chi connectivity index (χ1) is 13.0. The van der Waals surface area contributed by atoms with Crippen molar-refractivity contribution >= 4 is 27.8 Å². The van der Waals surface area contributed by atoms with Crippen LogP contribution in [0.1, 0.15) is 5.56 Å². The van der Waals surface area contributed by atoms with Crippen LogP contribution >= 0.6 is 0 Å². The van der Waals surface area contributed by atoms with Gasteiger partial charge in [-0.3, -0.25) is 14.9 Å². The number of pyridine rings is 1. The van der Waals surface area contributed by atoms with Crippen molar-refractivity contribution in [1.29, 1.82) is 0 Å². The van der Waals surface area contributed by atoms with Gasteiger partial charge >= 0.3 is 0 Å². The van der Waals surface area contributed by atoms with Crippen molar-refractivity contribution in [2.75, 3.05) is 36.0 Å². The van der Waals surface area contributed by atoms with Gasteiger partial charge < -0.3 is 14.8 Å². The highest BCUT2D eigenvalue weighted by atomic mass is 16.6. The molecule has 4 rings (SSSR count). The molecule has 2 aromatic carbocycles. The highest BCUT2D eigenvalue weighted by Crippen LogP contribution is 2.33. The van der Waals surface area contributed by atoms with E-state index in [4.69, 9.17) is 0 Å². The van der Waals surface area contributed by atoms with E-state index in [9.17, 15) is 14.9 Å². The second-order valence-electron chi connectivity index (χ2n) is 6.75. The van der Waals surface area contributed by atoms with Crippen molar-refractivity contribution in [3.05, 3.63) is 74.7 Å². The number of anilines is 2. The van der Waals surface area contributed by atoms with E-state index in [1.165, 1.54) is 17.3 Å². The number of nitro groups is 1. The number of nitrogens with zero attached hydrogens (tertiary/aromatic N) is 3. The molecule has 0 radical (unpaired) electrons. The molecule has 0 spiro atoms. The Morgan fingerprint density at radius 3 is 2.33 bits per heavy atom. The summed E-state index contributed by atoms with van der Waals surface area (Å²) in [5.74, 6) is 0. The average Bonchev–Trinajstić information content (AvgIpc) is 2.68. The van der Waals surface area contributed by atoms with Gasteiger partial charge in [0.25, 0.3) is 11.2 Å². The number of H-pyrrole nitrogens is 1. The lowest BCUT2D eigenvalue weighted by atomic mass is 10.1. The molecule has 7 heteroatoms. The van der Waals surface area contributed by atoms with Crippen LogP contribution in [0.25, 0.3) is 10.8 Å². The topological polar surface area (TPSA) is 82.5 Å². The summed E-state index contributed by atoms with van der Waals surface area (Å²) in [6.45, 7) is 5.03. The fourth-order valence-corrected chi connectivity index (χ4v) is 3.72. The smallest absolute Gasteiger partial charge is 0.293 e. The third kappa shape index (κ3) is 3.12. The summed E-state index contributed by atoms with van der Waals surface area (Å²) < 4.78 is 0. The first-order valence-corrected chi connectivity index (χ1v) is 8.90. The van der Waals surface area contributed by atoms with Crippen molar-refractivity contribution in [2.24, 2.45) is 0 Å². The maximum Gasteiger partial charge on any atom is 0.293 e. The highest BCUT2D eigenvalue weighted by molar-refractivity contribution is 5.89. The molecule has 2 heterocycles. The van der Waals surface area contributed by atoms with Gasteiger partial charge in [0.05, 0.1) is 10.3 Å². The van der Waals surface area contributed by atoms with E-state index in [1.54, 1.807) is 18.3 Å². The van der Waals surface area contributed by atoms with Crippen LogP contribution in [0.4, 0.5) is 17.1 Å². The minimum atomic E-state index is -0.408. The highest BCUT2D eigenvalue weighted by Gasteiger charge is 2.25. The van der Waals surface area contributed by atoms with E-state index < -0.39 is 4.92 Å². The van der Waals surface area contributed by atoms with Crippen molar-refractivity contribution in [3.63, 3.8) is 0 Å². The lowest BCUT2D eigenvalue weighted by Crippen LogP contribution is -2.47. The zero-order valence-corrected chi connectivity index (χ0v) is 15.0. The van der Waals surface area contributed by atoms with Gasteiger partial charge in [0.2, 0.25) is 0 Å². The van der Waals surface area contributed by atoms with Crippen LogP contribution in [0.15, 0.2) is 53.5 Å². The molecule has 27 heavy (non-hydrogen) atoms. The van der Waals surface area contributed by atoms with Gasteiger partial charge in [0.1, 0.15) is 5.69 Å². The molecule has 138 valence electrons. The Kier molecular flexibility index (Phi) is 4.27. The number of para-hydroxylation sites is 1. The zero-order chi connectivity index (χ0) is 19.0. The monoisotopic (exact) mass is 364 g/mol. The van der Waals surface area contributed by atoms with Gasteiger partial charge in [-0.15, -0.1) is 0 Å². The molecular weight excluding hydrogens is 344 g/mol. The van der Waals surface area contributed by atoms with Crippen LogP contribution in [-0.2, 0) is 0 Å². The molecule has 1 aliphatic rings. The molecule has 1 fully saturated rings. The van der Waals surface area contributed by atoms with Crippen LogP contribution in [0, 0.1) is 17.0 Å². The first kappa shape index (κ1) is 17.1. The molecule has 0 aliphatic carbocycles. The van der Waals surface area contributed by atoms with E-state index in [0.29, 0.717) is 29.5 Å². The molecule has 0 amide bonds. The third-order valence-corrected chi connectivity index (χ3v) is 5.14. The Morgan fingerprint density at radius 2 is 1.67 bits per heavy atom. The normalized spacial score (nSPS) is 14.6. The van der Waals surface area contributed by atoms with Crippen LogP contribution < -0.4 is 15.4 Å². The Morgan fingerprint density at radius 1 is 1.00 bits per heavy atom. The van der Waals surface area contributed by atoms with Crippen LogP contribution in [0.3, 0.4) is 0 Å². The molecule has 3 aromatic rings. The molecule has 1 aromatic heterocycles. The van der Waals surface area contributed by atoms with Gasteiger partial charge in [-0.1, -0.05) is 18.2 Å². The maximum atomic E-state index is 12.0. The molecule has 1 aliphatic heterocycles. The van der Waals surface area contributed by atoms with E-state index in [-0.39, 0.29) is 11.2 Å². The Bertz CT molecular complexity index is 1070. The molecule has 1 saturated heterocycles.